The SMILES string of the molecule is CCNC(=O)[C@@H](CC)N(Cc1ccccc1C)C(=O)CN(c1ccc2c(c1)OCCO2)S(=O)(=O)CC. The van der Waals surface area contributed by atoms with Crippen LogP contribution in [0.25, 0.3) is 0 Å². The summed E-state index contributed by atoms with van der Waals surface area (Å²) in [7, 11) is -3.82. The molecule has 0 bridgehead atoms. The molecule has 1 aliphatic heterocycles. The first kappa shape index (κ1) is 27.3. The van der Waals surface area contributed by atoms with E-state index in [1.54, 1.807) is 18.2 Å². The van der Waals surface area contributed by atoms with Crippen molar-refractivity contribution >= 4 is 27.5 Å². The van der Waals surface area contributed by atoms with Crippen LogP contribution in [0.15, 0.2) is 42.5 Å². The second-order valence-electron chi connectivity index (χ2n) is 8.50. The standard InChI is InChI=1S/C26H35N3O6S/c1-5-22(26(31)27-6-2)28(17-20-11-9-8-10-19(20)4)25(30)18-29(36(32,33)7-3)21-12-13-23-24(16-21)35-15-14-34-23/h8-13,16,22H,5-7,14-15,17-18H2,1-4H3,(H,27,31)/t22-/m1/s1. The maximum Gasteiger partial charge on any atom is 0.244 e. The molecule has 1 atom stereocenters. The van der Waals surface area contributed by atoms with Gasteiger partial charge in [-0.15, -0.1) is 0 Å². The van der Waals surface area contributed by atoms with Crippen molar-refractivity contribution in [3.63, 3.8) is 0 Å². The number of sulfonamides is 1. The molecule has 1 N–H and O–H groups in total. The van der Waals surface area contributed by atoms with Crippen LogP contribution in [0.2, 0.25) is 0 Å². The first-order valence-electron chi connectivity index (χ1n) is 12.2. The van der Waals surface area contributed by atoms with Gasteiger partial charge in [0.15, 0.2) is 11.5 Å². The molecule has 9 nitrogen and oxygen atoms in total. The smallest absolute Gasteiger partial charge is 0.244 e. The van der Waals surface area contributed by atoms with Gasteiger partial charge in [0.05, 0.1) is 11.4 Å². The highest BCUT2D eigenvalue weighted by Crippen LogP contribution is 2.35. The Bertz CT molecular complexity index is 1180. The lowest BCUT2D eigenvalue weighted by Crippen LogP contribution is -2.52. The summed E-state index contributed by atoms with van der Waals surface area (Å²) >= 11 is 0. The van der Waals surface area contributed by atoms with Crippen molar-refractivity contribution in [1.82, 2.24) is 10.2 Å². The normalized spacial score (nSPS) is 13.6. The molecule has 2 aromatic carbocycles. The van der Waals surface area contributed by atoms with Crippen LogP contribution in [0.1, 0.15) is 38.3 Å². The Labute approximate surface area is 213 Å². The van der Waals surface area contributed by atoms with Crippen LogP contribution in [-0.4, -0.2) is 63.2 Å². The predicted octanol–water partition coefficient (Wildman–Crippen LogP) is 2.87. The molecule has 2 amide bonds. The van der Waals surface area contributed by atoms with Gasteiger partial charge in [0.25, 0.3) is 0 Å². The molecule has 0 unspecified atom stereocenters. The Morgan fingerprint density at radius 3 is 2.36 bits per heavy atom. The van der Waals surface area contributed by atoms with Gasteiger partial charge in [-0.3, -0.25) is 13.9 Å². The number of likely N-dealkylation sites (N-methyl/N-ethyl adjacent to an activating group) is 1. The van der Waals surface area contributed by atoms with Gasteiger partial charge in [-0.1, -0.05) is 31.2 Å². The molecule has 1 heterocycles. The van der Waals surface area contributed by atoms with Gasteiger partial charge in [-0.25, -0.2) is 8.42 Å². The Kier molecular flexibility index (Phi) is 9.19. The van der Waals surface area contributed by atoms with Gasteiger partial charge in [-0.05, 0) is 50.5 Å². The summed E-state index contributed by atoms with van der Waals surface area (Å²) in [6.45, 7) is 8.04. The topological polar surface area (TPSA) is 105 Å². The lowest BCUT2D eigenvalue weighted by Gasteiger charge is -2.33. The van der Waals surface area contributed by atoms with Crippen LogP contribution in [0, 0.1) is 6.92 Å². The highest BCUT2D eigenvalue weighted by atomic mass is 32.2. The third-order valence-corrected chi connectivity index (χ3v) is 7.87. The number of carbonyl (C=O) groups is 2. The van der Waals surface area contributed by atoms with Gasteiger partial charge < -0.3 is 19.7 Å². The number of hydrogen-bond acceptors (Lipinski definition) is 6. The van der Waals surface area contributed by atoms with Crippen molar-refractivity contribution in [1.29, 1.82) is 0 Å². The van der Waals surface area contributed by atoms with Gasteiger partial charge in [0, 0.05) is 19.2 Å². The molecule has 196 valence electrons. The molecule has 0 saturated heterocycles. The van der Waals surface area contributed by atoms with Crippen LogP contribution < -0.4 is 19.1 Å². The number of hydrogen-bond donors (Lipinski definition) is 1. The van der Waals surface area contributed by atoms with E-state index in [0.29, 0.717) is 43.4 Å². The monoisotopic (exact) mass is 517 g/mol. The minimum absolute atomic E-state index is 0.183. The lowest BCUT2D eigenvalue weighted by molar-refractivity contribution is -0.140. The molecular weight excluding hydrogens is 482 g/mol. The second kappa shape index (κ2) is 12.1. The molecule has 0 aromatic heterocycles. The molecule has 0 saturated carbocycles. The molecule has 36 heavy (non-hydrogen) atoms. The molecular formula is C26H35N3O6S. The van der Waals surface area contributed by atoms with Crippen molar-refractivity contribution in [3.05, 3.63) is 53.6 Å². The fourth-order valence-corrected chi connectivity index (χ4v) is 5.14. The Balaban J connectivity index is 1.99. The van der Waals surface area contributed by atoms with Crippen LogP contribution in [0.4, 0.5) is 5.69 Å². The first-order valence-corrected chi connectivity index (χ1v) is 13.8. The van der Waals surface area contributed by atoms with E-state index in [0.717, 1.165) is 15.4 Å². The van der Waals surface area contributed by atoms with Crippen molar-refractivity contribution in [2.75, 3.05) is 36.4 Å². The highest BCUT2D eigenvalue weighted by Gasteiger charge is 2.33. The van der Waals surface area contributed by atoms with E-state index >= 15 is 0 Å². The van der Waals surface area contributed by atoms with Crippen molar-refractivity contribution in [2.45, 2.75) is 46.7 Å². The summed E-state index contributed by atoms with van der Waals surface area (Å²) < 4.78 is 38.5. The zero-order valence-electron chi connectivity index (χ0n) is 21.3. The minimum Gasteiger partial charge on any atom is -0.486 e. The summed E-state index contributed by atoms with van der Waals surface area (Å²) in [5.41, 5.74) is 2.17. The van der Waals surface area contributed by atoms with Gasteiger partial charge in [-0.2, -0.15) is 0 Å². The van der Waals surface area contributed by atoms with E-state index in [9.17, 15) is 18.0 Å². The summed E-state index contributed by atoms with van der Waals surface area (Å²) in [4.78, 5) is 28.2. The third kappa shape index (κ3) is 6.29. The third-order valence-electron chi connectivity index (χ3n) is 6.13. The summed E-state index contributed by atoms with van der Waals surface area (Å²) in [6, 6.07) is 11.7. The maximum atomic E-state index is 13.8. The van der Waals surface area contributed by atoms with Crippen LogP contribution in [0.3, 0.4) is 0 Å². The number of anilines is 1. The van der Waals surface area contributed by atoms with Gasteiger partial charge in [0.2, 0.25) is 21.8 Å². The molecule has 3 rings (SSSR count). The van der Waals surface area contributed by atoms with Crippen LogP contribution >= 0.6 is 0 Å². The number of aryl methyl sites for hydroxylation is 1. The largest absolute Gasteiger partial charge is 0.486 e. The fourth-order valence-electron chi connectivity index (χ4n) is 4.09. The molecule has 10 heteroatoms. The van der Waals surface area contributed by atoms with E-state index in [-0.39, 0.29) is 18.2 Å². The quantitative estimate of drug-likeness (QED) is 0.492. The number of ether oxygens (including phenoxy) is 2. The molecule has 0 fully saturated rings. The number of carbonyl (C=O) groups excluding carboxylic acids is 2. The minimum atomic E-state index is -3.82. The molecule has 0 aliphatic carbocycles. The lowest BCUT2D eigenvalue weighted by atomic mass is 10.1. The number of nitrogens with zero attached hydrogens (tertiary/aromatic N) is 2. The zero-order chi connectivity index (χ0) is 26.3. The summed E-state index contributed by atoms with van der Waals surface area (Å²) in [5, 5.41) is 2.80. The van der Waals surface area contributed by atoms with E-state index in [1.807, 2.05) is 45.0 Å². The van der Waals surface area contributed by atoms with E-state index in [1.165, 1.54) is 11.8 Å². The highest BCUT2D eigenvalue weighted by molar-refractivity contribution is 7.92. The fraction of sp³-hybridized carbons (Fsp3) is 0.462. The van der Waals surface area contributed by atoms with Crippen LogP contribution in [-0.2, 0) is 26.2 Å². The Hall–Kier alpha value is -3.27. The Morgan fingerprint density at radius 2 is 1.72 bits per heavy atom. The Morgan fingerprint density at radius 1 is 1.03 bits per heavy atom. The van der Waals surface area contributed by atoms with Gasteiger partial charge >= 0.3 is 0 Å². The van der Waals surface area contributed by atoms with Crippen molar-refractivity contribution in [2.24, 2.45) is 0 Å². The second-order valence-corrected chi connectivity index (χ2v) is 10.7. The van der Waals surface area contributed by atoms with Crippen molar-refractivity contribution < 1.29 is 27.5 Å². The summed E-state index contributed by atoms with van der Waals surface area (Å²) in [5.74, 6) is 0.0103. The average Bonchev–Trinajstić information content (AvgIpc) is 2.87. The predicted molar refractivity (Wildman–Crippen MR) is 139 cm³/mol. The number of fused-ring (bicyclic) bond motifs is 1. The van der Waals surface area contributed by atoms with Gasteiger partial charge in [0.1, 0.15) is 25.8 Å². The molecule has 0 spiro atoms. The maximum absolute atomic E-state index is 13.8. The van der Waals surface area contributed by atoms with E-state index in [4.69, 9.17) is 9.47 Å². The number of amides is 2. The first-order chi connectivity index (χ1) is 17.2. The molecule has 1 aliphatic rings. The van der Waals surface area contributed by atoms with Crippen molar-refractivity contribution in [3.8, 4) is 11.5 Å². The average molecular weight is 518 g/mol. The molecule has 0 radical (unpaired) electrons. The number of benzene rings is 2. The van der Waals surface area contributed by atoms with Crippen LogP contribution in [0.5, 0.6) is 11.5 Å². The summed E-state index contributed by atoms with van der Waals surface area (Å²) in [6.07, 6.45) is 0.383. The number of nitrogens with one attached hydrogen (secondary N) is 1. The number of rotatable bonds is 11. The molecule has 2 aromatic rings. The zero-order valence-corrected chi connectivity index (χ0v) is 22.1. The van der Waals surface area contributed by atoms with E-state index in [2.05, 4.69) is 5.32 Å². The van der Waals surface area contributed by atoms with E-state index < -0.39 is 28.5 Å².